The Morgan fingerprint density at radius 2 is 1.90 bits per heavy atom. The molecule has 120 valence electrons. The predicted octanol–water partition coefficient (Wildman–Crippen LogP) is 1.60. The van der Waals surface area contributed by atoms with Crippen LogP contribution in [-0.2, 0) is 4.79 Å². The van der Waals surface area contributed by atoms with Crippen molar-refractivity contribution >= 4 is 5.91 Å². The third-order valence-electron chi connectivity index (χ3n) is 6.11. The van der Waals surface area contributed by atoms with Crippen LogP contribution in [0.2, 0.25) is 0 Å². The molecule has 3 N–H and O–H groups in total. The van der Waals surface area contributed by atoms with Gasteiger partial charge in [0.15, 0.2) is 0 Å². The van der Waals surface area contributed by atoms with Crippen molar-refractivity contribution in [2.45, 2.75) is 51.5 Å². The highest BCUT2D eigenvalue weighted by Gasteiger charge is 2.48. The van der Waals surface area contributed by atoms with Crippen LogP contribution in [0.15, 0.2) is 0 Å². The summed E-state index contributed by atoms with van der Waals surface area (Å²) in [5.74, 6) is 2.39. The minimum atomic E-state index is 0.0968. The molecule has 0 aromatic heterocycles. The van der Waals surface area contributed by atoms with Gasteiger partial charge in [0.05, 0.1) is 5.92 Å². The van der Waals surface area contributed by atoms with Gasteiger partial charge in [0.1, 0.15) is 0 Å². The van der Waals surface area contributed by atoms with E-state index in [0.29, 0.717) is 11.8 Å². The lowest BCUT2D eigenvalue weighted by molar-refractivity contribution is -0.127. The summed E-state index contributed by atoms with van der Waals surface area (Å²) < 4.78 is 0. The van der Waals surface area contributed by atoms with Gasteiger partial charge in [-0.25, -0.2) is 0 Å². The largest absolute Gasteiger partial charge is 0.356 e. The third kappa shape index (κ3) is 3.42. The van der Waals surface area contributed by atoms with Crippen LogP contribution in [0, 0.1) is 23.7 Å². The van der Waals surface area contributed by atoms with Gasteiger partial charge in [-0.05, 0) is 75.9 Å². The van der Waals surface area contributed by atoms with Crippen LogP contribution >= 0.6 is 0 Å². The molecule has 0 aromatic carbocycles. The number of hydrogen-bond donors (Lipinski definition) is 2. The van der Waals surface area contributed by atoms with Crippen molar-refractivity contribution in [2.24, 2.45) is 29.4 Å². The highest BCUT2D eigenvalue weighted by molar-refractivity contribution is 5.80. The number of hydrogen-bond acceptors (Lipinski definition) is 3. The van der Waals surface area contributed by atoms with Crippen molar-refractivity contribution in [1.29, 1.82) is 0 Å². The molecular weight excluding hydrogens is 262 g/mol. The summed E-state index contributed by atoms with van der Waals surface area (Å²) in [5.41, 5.74) is 6.23. The molecule has 0 aromatic rings. The molecule has 2 aliphatic carbocycles. The SMILES string of the molecule is CC1CCN(CCCNC(=O)C2C3CCC(C3)C2N)CC1. The van der Waals surface area contributed by atoms with Crippen molar-refractivity contribution < 1.29 is 4.79 Å². The van der Waals surface area contributed by atoms with Crippen molar-refractivity contribution in [3.63, 3.8) is 0 Å². The molecule has 1 amide bonds. The molecule has 4 nitrogen and oxygen atoms in total. The van der Waals surface area contributed by atoms with Crippen molar-refractivity contribution in [3.8, 4) is 0 Å². The van der Waals surface area contributed by atoms with Crippen LogP contribution < -0.4 is 11.1 Å². The lowest BCUT2D eigenvalue weighted by Gasteiger charge is -2.30. The lowest BCUT2D eigenvalue weighted by atomic mass is 9.84. The number of carbonyl (C=O) groups is 1. The Labute approximate surface area is 128 Å². The van der Waals surface area contributed by atoms with E-state index < -0.39 is 0 Å². The molecule has 3 rings (SSSR count). The maximum atomic E-state index is 12.3. The summed E-state index contributed by atoms with van der Waals surface area (Å²) in [4.78, 5) is 14.9. The van der Waals surface area contributed by atoms with Crippen LogP contribution in [-0.4, -0.2) is 43.0 Å². The van der Waals surface area contributed by atoms with Crippen LogP contribution in [0.3, 0.4) is 0 Å². The van der Waals surface area contributed by atoms with Gasteiger partial charge >= 0.3 is 0 Å². The molecule has 1 heterocycles. The van der Waals surface area contributed by atoms with Gasteiger partial charge in [0.25, 0.3) is 0 Å². The average Bonchev–Trinajstić information content (AvgIpc) is 3.06. The maximum absolute atomic E-state index is 12.3. The van der Waals surface area contributed by atoms with Crippen LogP contribution in [0.5, 0.6) is 0 Å². The summed E-state index contributed by atoms with van der Waals surface area (Å²) >= 11 is 0. The van der Waals surface area contributed by atoms with Gasteiger partial charge in [-0.2, -0.15) is 0 Å². The van der Waals surface area contributed by atoms with E-state index in [0.717, 1.165) is 25.4 Å². The number of carbonyl (C=O) groups excluding carboxylic acids is 1. The summed E-state index contributed by atoms with van der Waals surface area (Å²) in [6.07, 6.45) is 7.35. The fourth-order valence-corrected chi connectivity index (χ4v) is 4.64. The van der Waals surface area contributed by atoms with Crippen LogP contribution in [0.1, 0.15) is 45.4 Å². The fourth-order valence-electron chi connectivity index (χ4n) is 4.64. The summed E-state index contributed by atoms with van der Waals surface area (Å²) in [6, 6.07) is 0.118. The highest BCUT2D eigenvalue weighted by Crippen LogP contribution is 2.47. The zero-order valence-electron chi connectivity index (χ0n) is 13.4. The molecule has 1 saturated heterocycles. The first-order valence-electron chi connectivity index (χ1n) is 8.91. The molecule has 4 atom stereocenters. The Kier molecular flexibility index (Phi) is 4.85. The van der Waals surface area contributed by atoms with Gasteiger partial charge in [0, 0.05) is 12.6 Å². The van der Waals surface area contributed by atoms with Gasteiger partial charge in [-0.1, -0.05) is 6.92 Å². The molecule has 3 aliphatic rings. The summed E-state index contributed by atoms with van der Waals surface area (Å²) in [7, 11) is 0. The van der Waals surface area contributed by atoms with Gasteiger partial charge in [0.2, 0.25) is 5.91 Å². The lowest BCUT2D eigenvalue weighted by Crippen LogP contribution is -2.45. The van der Waals surface area contributed by atoms with E-state index in [-0.39, 0.29) is 17.9 Å². The number of nitrogens with zero attached hydrogens (tertiary/aromatic N) is 1. The standard InChI is InChI=1S/C17H31N3O/c1-12-5-9-20(10-6-12)8-2-7-19-17(21)15-13-3-4-14(11-13)16(15)18/h12-16H,2-11,18H2,1H3,(H,19,21). The molecule has 1 aliphatic heterocycles. The number of likely N-dealkylation sites (tertiary alicyclic amines) is 1. The number of piperidine rings is 1. The predicted molar refractivity (Wildman–Crippen MR) is 84.8 cm³/mol. The number of rotatable bonds is 5. The smallest absolute Gasteiger partial charge is 0.224 e. The first-order valence-corrected chi connectivity index (χ1v) is 8.91. The number of nitrogens with two attached hydrogens (primary N) is 1. The first-order chi connectivity index (χ1) is 10.1. The fraction of sp³-hybridized carbons (Fsp3) is 0.941. The second-order valence-electron chi connectivity index (χ2n) is 7.61. The molecule has 21 heavy (non-hydrogen) atoms. The quantitative estimate of drug-likeness (QED) is 0.757. The molecule has 4 heteroatoms. The number of nitrogens with one attached hydrogen (secondary N) is 1. The van der Waals surface area contributed by atoms with Gasteiger partial charge < -0.3 is 16.0 Å². The Balaban J connectivity index is 1.33. The molecule has 2 bridgehead atoms. The van der Waals surface area contributed by atoms with E-state index in [9.17, 15) is 4.79 Å². The average molecular weight is 293 g/mol. The van der Waals surface area contributed by atoms with Crippen molar-refractivity contribution in [3.05, 3.63) is 0 Å². The first kappa shape index (κ1) is 15.3. The zero-order valence-corrected chi connectivity index (χ0v) is 13.4. The van der Waals surface area contributed by atoms with E-state index in [1.165, 1.54) is 45.2 Å². The molecule has 0 radical (unpaired) electrons. The second-order valence-corrected chi connectivity index (χ2v) is 7.61. The number of amides is 1. The normalized spacial score (nSPS) is 37.0. The highest BCUT2D eigenvalue weighted by atomic mass is 16.1. The van der Waals surface area contributed by atoms with E-state index >= 15 is 0 Å². The van der Waals surface area contributed by atoms with Crippen molar-refractivity contribution in [2.75, 3.05) is 26.2 Å². The van der Waals surface area contributed by atoms with E-state index in [1.54, 1.807) is 0 Å². The van der Waals surface area contributed by atoms with Crippen LogP contribution in [0.4, 0.5) is 0 Å². The minimum absolute atomic E-state index is 0.0968. The molecule has 3 fully saturated rings. The van der Waals surface area contributed by atoms with Crippen molar-refractivity contribution in [1.82, 2.24) is 10.2 Å². The zero-order chi connectivity index (χ0) is 14.8. The third-order valence-corrected chi connectivity index (χ3v) is 6.11. The topological polar surface area (TPSA) is 58.4 Å². The second kappa shape index (κ2) is 6.66. The Hall–Kier alpha value is -0.610. The number of fused-ring (bicyclic) bond motifs is 2. The Morgan fingerprint density at radius 3 is 2.57 bits per heavy atom. The molecule has 4 unspecified atom stereocenters. The Bertz CT molecular complexity index is 363. The van der Waals surface area contributed by atoms with E-state index in [2.05, 4.69) is 17.1 Å². The minimum Gasteiger partial charge on any atom is -0.356 e. The Morgan fingerprint density at radius 1 is 1.19 bits per heavy atom. The maximum Gasteiger partial charge on any atom is 0.224 e. The van der Waals surface area contributed by atoms with E-state index in [4.69, 9.17) is 5.73 Å². The van der Waals surface area contributed by atoms with Gasteiger partial charge in [-0.15, -0.1) is 0 Å². The van der Waals surface area contributed by atoms with Gasteiger partial charge in [-0.3, -0.25) is 4.79 Å². The molecule has 2 saturated carbocycles. The van der Waals surface area contributed by atoms with E-state index in [1.807, 2.05) is 0 Å². The molecular formula is C17H31N3O. The monoisotopic (exact) mass is 293 g/mol. The summed E-state index contributed by atoms with van der Waals surface area (Å²) in [6.45, 7) is 6.73. The summed E-state index contributed by atoms with van der Waals surface area (Å²) in [5, 5.41) is 3.14. The van der Waals surface area contributed by atoms with Crippen LogP contribution in [0.25, 0.3) is 0 Å². The molecule has 0 spiro atoms.